The first-order valence-electron chi connectivity index (χ1n) is 9.77. The molecule has 28 heavy (non-hydrogen) atoms. The van der Waals surface area contributed by atoms with Crippen LogP contribution in [0.25, 0.3) is 10.9 Å². The largest absolute Gasteiger partial charge is 0.359 e. The molecular weight excluding hydrogens is 465 g/mol. The summed E-state index contributed by atoms with van der Waals surface area (Å²) in [5.74, 6) is 2.05. The average molecular weight is 495 g/mol. The Morgan fingerprint density at radius 2 is 1.93 bits per heavy atom. The van der Waals surface area contributed by atoms with Crippen molar-refractivity contribution in [1.82, 2.24) is 20.8 Å². The lowest BCUT2D eigenvalue weighted by Gasteiger charge is -2.09. The molecule has 0 unspecified atom stereocenters. The van der Waals surface area contributed by atoms with E-state index in [1.165, 1.54) is 5.39 Å². The lowest BCUT2D eigenvalue weighted by molar-refractivity contribution is 0.368. The molecule has 0 fully saturated rings. The highest BCUT2D eigenvalue weighted by Crippen LogP contribution is 2.22. The minimum atomic E-state index is 0. The first-order valence-corrected chi connectivity index (χ1v) is 9.77. The molecule has 0 aliphatic carbocycles. The zero-order chi connectivity index (χ0) is 19.1. The minimum Gasteiger partial charge on any atom is -0.359 e. The quantitative estimate of drug-likeness (QED) is 0.235. The van der Waals surface area contributed by atoms with E-state index in [4.69, 9.17) is 4.52 Å². The van der Waals surface area contributed by atoms with Gasteiger partial charge in [-0.3, -0.25) is 0 Å². The number of hydrogen-bond acceptors (Lipinski definition) is 3. The number of benzene rings is 1. The first-order chi connectivity index (χ1) is 13.2. The van der Waals surface area contributed by atoms with Crippen molar-refractivity contribution in [1.29, 1.82) is 0 Å². The van der Waals surface area contributed by atoms with Crippen molar-refractivity contribution in [2.75, 3.05) is 6.54 Å². The maximum atomic E-state index is 5.48. The predicted molar refractivity (Wildman–Crippen MR) is 125 cm³/mol. The molecule has 3 N–H and O–H groups in total. The number of aromatic amines is 1. The molecule has 0 saturated carbocycles. The highest BCUT2D eigenvalue weighted by Gasteiger charge is 2.13. The molecule has 152 valence electrons. The molecule has 0 radical (unpaired) electrons. The second kappa shape index (κ2) is 11.1. The third kappa shape index (κ3) is 5.73. The number of aromatic nitrogens is 2. The number of nitrogens with one attached hydrogen (secondary N) is 3. The van der Waals surface area contributed by atoms with Crippen LogP contribution in [-0.2, 0) is 13.1 Å². The van der Waals surface area contributed by atoms with Gasteiger partial charge in [0.2, 0.25) is 0 Å². The highest BCUT2D eigenvalue weighted by molar-refractivity contribution is 14.0. The molecule has 0 atom stereocenters. The molecule has 0 bridgehead atoms. The van der Waals surface area contributed by atoms with E-state index in [-0.39, 0.29) is 24.0 Å². The monoisotopic (exact) mass is 495 g/mol. The van der Waals surface area contributed by atoms with E-state index in [2.05, 4.69) is 64.7 Å². The Balaban J connectivity index is 0.00000280. The number of hydrogen-bond donors (Lipinski definition) is 3. The van der Waals surface area contributed by atoms with Gasteiger partial charge in [-0.2, -0.15) is 0 Å². The van der Waals surface area contributed by atoms with Crippen LogP contribution >= 0.6 is 24.0 Å². The Morgan fingerprint density at radius 3 is 2.64 bits per heavy atom. The Labute approximate surface area is 183 Å². The molecule has 0 aliphatic heterocycles. The van der Waals surface area contributed by atoms with Crippen molar-refractivity contribution < 1.29 is 4.52 Å². The zero-order valence-corrected chi connectivity index (χ0v) is 19.1. The summed E-state index contributed by atoms with van der Waals surface area (Å²) >= 11 is 0. The maximum absolute atomic E-state index is 5.48. The standard InChI is InChI=1S/C21H29N5O.HI/c1-4-15(5-2)20-12-18(27-26-20)14-24-21(22-6-3)23-13-17-11-16-9-7-8-10-19(16)25-17;/h7-12,15,25H,4-6,13-14H2,1-3H3,(H2,22,23,24);1H. The lowest BCUT2D eigenvalue weighted by Crippen LogP contribution is -2.36. The van der Waals surface area contributed by atoms with E-state index in [0.717, 1.165) is 48.0 Å². The van der Waals surface area contributed by atoms with Gasteiger partial charge in [-0.25, -0.2) is 4.99 Å². The summed E-state index contributed by atoms with van der Waals surface area (Å²) in [5, 5.41) is 12.0. The van der Waals surface area contributed by atoms with Crippen molar-refractivity contribution in [2.24, 2.45) is 4.99 Å². The second-order valence-corrected chi connectivity index (χ2v) is 6.66. The molecular formula is C21H30IN5O. The number of guanidine groups is 1. The summed E-state index contributed by atoms with van der Waals surface area (Å²) in [6.07, 6.45) is 2.15. The van der Waals surface area contributed by atoms with E-state index in [1.807, 2.05) is 18.2 Å². The third-order valence-corrected chi connectivity index (χ3v) is 4.75. The van der Waals surface area contributed by atoms with Crippen molar-refractivity contribution in [2.45, 2.75) is 52.6 Å². The molecule has 2 aromatic heterocycles. The number of aliphatic imine (C=N–C) groups is 1. The van der Waals surface area contributed by atoms with E-state index in [0.29, 0.717) is 19.0 Å². The van der Waals surface area contributed by atoms with Crippen molar-refractivity contribution >= 4 is 40.8 Å². The molecule has 0 aliphatic rings. The van der Waals surface area contributed by atoms with Gasteiger partial charge in [0.15, 0.2) is 11.7 Å². The number of fused-ring (bicyclic) bond motifs is 1. The van der Waals surface area contributed by atoms with Crippen LogP contribution in [0, 0.1) is 0 Å². The number of rotatable bonds is 8. The predicted octanol–water partition coefficient (Wildman–Crippen LogP) is 4.93. The molecule has 3 rings (SSSR count). The Bertz CT molecular complexity index is 849. The summed E-state index contributed by atoms with van der Waals surface area (Å²) in [6, 6.07) is 12.4. The van der Waals surface area contributed by atoms with E-state index in [9.17, 15) is 0 Å². The third-order valence-electron chi connectivity index (χ3n) is 4.75. The molecule has 0 spiro atoms. The molecule has 1 aromatic carbocycles. The highest BCUT2D eigenvalue weighted by atomic mass is 127. The van der Waals surface area contributed by atoms with Gasteiger partial charge in [-0.15, -0.1) is 24.0 Å². The van der Waals surface area contributed by atoms with Crippen LogP contribution in [0.5, 0.6) is 0 Å². The van der Waals surface area contributed by atoms with Crippen LogP contribution in [0.1, 0.15) is 56.7 Å². The van der Waals surface area contributed by atoms with Crippen molar-refractivity contribution in [3.63, 3.8) is 0 Å². The van der Waals surface area contributed by atoms with Crippen LogP contribution < -0.4 is 10.6 Å². The first kappa shape index (κ1) is 22.3. The zero-order valence-electron chi connectivity index (χ0n) is 16.8. The average Bonchev–Trinajstić information content (AvgIpc) is 3.31. The molecule has 0 amide bonds. The van der Waals surface area contributed by atoms with Crippen LogP contribution in [0.4, 0.5) is 0 Å². The Morgan fingerprint density at radius 1 is 1.14 bits per heavy atom. The summed E-state index contributed by atoms with van der Waals surface area (Å²) in [6.45, 7) is 8.36. The van der Waals surface area contributed by atoms with Crippen LogP contribution in [0.2, 0.25) is 0 Å². The maximum Gasteiger partial charge on any atom is 0.192 e. The van der Waals surface area contributed by atoms with Gasteiger partial charge in [-0.05, 0) is 37.3 Å². The fourth-order valence-corrected chi connectivity index (χ4v) is 3.21. The Kier molecular flexibility index (Phi) is 8.82. The second-order valence-electron chi connectivity index (χ2n) is 6.66. The summed E-state index contributed by atoms with van der Waals surface area (Å²) in [5.41, 5.74) is 3.26. The molecule has 6 nitrogen and oxygen atoms in total. The van der Waals surface area contributed by atoms with Crippen LogP contribution in [-0.4, -0.2) is 22.6 Å². The molecule has 2 heterocycles. The topological polar surface area (TPSA) is 78.2 Å². The Hall–Kier alpha value is -2.03. The summed E-state index contributed by atoms with van der Waals surface area (Å²) in [4.78, 5) is 8.07. The molecule has 3 aromatic rings. The van der Waals surface area contributed by atoms with Crippen molar-refractivity contribution in [3.05, 3.63) is 53.5 Å². The van der Waals surface area contributed by atoms with Crippen LogP contribution in [0.15, 0.2) is 45.9 Å². The van der Waals surface area contributed by atoms with E-state index in [1.54, 1.807) is 0 Å². The van der Waals surface area contributed by atoms with Gasteiger partial charge < -0.3 is 20.1 Å². The smallest absolute Gasteiger partial charge is 0.192 e. The van der Waals surface area contributed by atoms with Gasteiger partial charge in [-0.1, -0.05) is 37.2 Å². The van der Waals surface area contributed by atoms with Crippen molar-refractivity contribution in [3.8, 4) is 0 Å². The summed E-state index contributed by atoms with van der Waals surface area (Å²) in [7, 11) is 0. The number of H-pyrrole nitrogens is 1. The number of halogens is 1. The normalized spacial score (nSPS) is 11.6. The van der Waals surface area contributed by atoms with E-state index < -0.39 is 0 Å². The van der Waals surface area contributed by atoms with Gasteiger partial charge in [0, 0.05) is 29.7 Å². The van der Waals surface area contributed by atoms with Gasteiger partial charge in [0.1, 0.15) is 0 Å². The fraction of sp³-hybridized carbons (Fsp3) is 0.429. The lowest BCUT2D eigenvalue weighted by atomic mass is 9.99. The molecule has 7 heteroatoms. The van der Waals surface area contributed by atoms with Gasteiger partial charge in [0.05, 0.1) is 18.8 Å². The fourth-order valence-electron chi connectivity index (χ4n) is 3.21. The van der Waals surface area contributed by atoms with Crippen LogP contribution in [0.3, 0.4) is 0 Å². The summed E-state index contributed by atoms with van der Waals surface area (Å²) < 4.78 is 5.48. The SMILES string of the molecule is CCNC(=NCc1cc2ccccc2[nH]1)NCc1cc(C(CC)CC)no1.I. The molecule has 0 saturated heterocycles. The van der Waals surface area contributed by atoms with Gasteiger partial charge in [0.25, 0.3) is 0 Å². The number of para-hydroxylation sites is 1. The van der Waals surface area contributed by atoms with E-state index >= 15 is 0 Å². The minimum absolute atomic E-state index is 0. The van der Waals surface area contributed by atoms with Gasteiger partial charge >= 0.3 is 0 Å². The number of nitrogens with zero attached hydrogens (tertiary/aromatic N) is 2.